The summed E-state index contributed by atoms with van der Waals surface area (Å²) in [5.41, 5.74) is 4.54. The average molecular weight is 340 g/mol. The van der Waals surface area contributed by atoms with Gasteiger partial charge in [-0.25, -0.2) is 0 Å². The second-order valence-corrected chi connectivity index (χ2v) is 7.46. The Morgan fingerprint density at radius 2 is 1.96 bits per heavy atom. The van der Waals surface area contributed by atoms with Crippen molar-refractivity contribution in [1.82, 2.24) is 4.90 Å². The summed E-state index contributed by atoms with van der Waals surface area (Å²) in [6.45, 7) is 5.33. The zero-order chi connectivity index (χ0) is 17.8. The molecule has 1 aromatic rings. The molecule has 0 aromatic heterocycles. The van der Waals surface area contributed by atoms with Crippen LogP contribution in [0.2, 0.25) is 0 Å². The summed E-state index contributed by atoms with van der Waals surface area (Å²) in [5.74, 6) is -0.177. The van der Waals surface area contributed by atoms with Crippen LogP contribution in [0.15, 0.2) is 29.8 Å². The average Bonchev–Trinajstić information content (AvgIpc) is 2.94. The maximum atomic E-state index is 12.5. The molecule has 3 rings (SSSR count). The zero-order valence-electron chi connectivity index (χ0n) is 15.3. The number of carbonyl (C=O) groups excluding carboxylic acids is 2. The van der Waals surface area contributed by atoms with E-state index >= 15 is 0 Å². The molecule has 1 unspecified atom stereocenters. The molecule has 1 aromatic carbocycles. The summed E-state index contributed by atoms with van der Waals surface area (Å²) >= 11 is 0. The Balaban J connectivity index is 1.54. The Kier molecular flexibility index (Phi) is 5.57. The van der Waals surface area contributed by atoms with Gasteiger partial charge < -0.3 is 10.2 Å². The van der Waals surface area contributed by atoms with Gasteiger partial charge in [0.1, 0.15) is 0 Å². The van der Waals surface area contributed by atoms with Crippen LogP contribution in [-0.4, -0.2) is 29.8 Å². The van der Waals surface area contributed by atoms with Gasteiger partial charge in [-0.15, -0.1) is 0 Å². The molecule has 0 spiro atoms. The van der Waals surface area contributed by atoms with Gasteiger partial charge >= 0.3 is 0 Å². The highest BCUT2D eigenvalue weighted by molar-refractivity contribution is 5.97. The largest absolute Gasteiger partial charge is 0.342 e. The lowest BCUT2D eigenvalue weighted by Crippen LogP contribution is -2.29. The highest BCUT2D eigenvalue weighted by Crippen LogP contribution is 2.24. The fraction of sp³-hybridized carbons (Fsp3) is 0.524. The van der Waals surface area contributed by atoms with Crippen molar-refractivity contribution in [2.45, 2.75) is 52.4 Å². The minimum Gasteiger partial charge on any atom is -0.342 e. The van der Waals surface area contributed by atoms with E-state index in [4.69, 9.17) is 0 Å². The van der Waals surface area contributed by atoms with Gasteiger partial charge in [-0.05, 0) is 69.2 Å². The van der Waals surface area contributed by atoms with Crippen molar-refractivity contribution in [1.29, 1.82) is 0 Å². The summed E-state index contributed by atoms with van der Waals surface area (Å²) in [7, 11) is 0. The number of anilines is 1. The third-order valence-corrected chi connectivity index (χ3v) is 5.16. The van der Waals surface area contributed by atoms with E-state index in [0.29, 0.717) is 13.0 Å². The first-order chi connectivity index (χ1) is 12.0. The first-order valence-electron chi connectivity index (χ1n) is 9.36. The fourth-order valence-electron chi connectivity index (χ4n) is 3.87. The van der Waals surface area contributed by atoms with Crippen molar-refractivity contribution in [3.05, 3.63) is 41.0 Å². The minimum atomic E-state index is -0.242. The molecule has 1 fully saturated rings. The number of nitrogens with one attached hydrogen (secondary N) is 1. The van der Waals surface area contributed by atoms with Crippen LogP contribution in [0.5, 0.6) is 0 Å². The van der Waals surface area contributed by atoms with Crippen LogP contribution in [0.4, 0.5) is 5.69 Å². The van der Waals surface area contributed by atoms with Gasteiger partial charge in [0.05, 0.1) is 5.92 Å². The van der Waals surface area contributed by atoms with E-state index in [1.54, 1.807) is 0 Å². The van der Waals surface area contributed by atoms with Crippen molar-refractivity contribution in [2.75, 3.05) is 18.4 Å². The summed E-state index contributed by atoms with van der Waals surface area (Å²) in [6, 6.07) is 6.01. The standard InChI is InChI=1S/C21H28N2O2/c1-15-10-16(2)12-19(11-15)22-21(25)18-13-20(24)23(14-18)9-8-17-6-4-3-5-7-17/h6,10-12,18H,3-5,7-9,13-14H2,1-2H3,(H,22,25). The van der Waals surface area contributed by atoms with E-state index in [0.717, 1.165) is 29.8 Å². The molecule has 2 amide bonds. The van der Waals surface area contributed by atoms with Crippen molar-refractivity contribution in [3.63, 3.8) is 0 Å². The van der Waals surface area contributed by atoms with E-state index in [2.05, 4.69) is 17.5 Å². The second kappa shape index (κ2) is 7.85. The highest BCUT2D eigenvalue weighted by atomic mass is 16.2. The van der Waals surface area contributed by atoms with Gasteiger partial charge in [0.2, 0.25) is 11.8 Å². The minimum absolute atomic E-state index is 0.0438. The molecule has 4 heteroatoms. The summed E-state index contributed by atoms with van der Waals surface area (Å²) in [6.07, 6.45) is 8.50. The number of nitrogens with zero attached hydrogens (tertiary/aromatic N) is 1. The smallest absolute Gasteiger partial charge is 0.229 e. The molecule has 0 radical (unpaired) electrons. The first kappa shape index (κ1) is 17.7. The Labute approximate surface area is 150 Å². The molecule has 4 nitrogen and oxygen atoms in total. The molecule has 1 aliphatic heterocycles. The second-order valence-electron chi connectivity index (χ2n) is 7.46. The number of benzene rings is 1. The molecule has 0 bridgehead atoms. The highest BCUT2D eigenvalue weighted by Gasteiger charge is 2.34. The zero-order valence-corrected chi connectivity index (χ0v) is 15.3. The van der Waals surface area contributed by atoms with E-state index in [9.17, 15) is 9.59 Å². The van der Waals surface area contributed by atoms with Gasteiger partial charge in [0.25, 0.3) is 0 Å². The lowest BCUT2D eigenvalue weighted by molar-refractivity contribution is -0.128. The van der Waals surface area contributed by atoms with Gasteiger partial charge in [-0.3, -0.25) is 9.59 Å². The SMILES string of the molecule is Cc1cc(C)cc(NC(=O)C2CC(=O)N(CCC3=CCCCC3)C2)c1. The normalized spacial score (nSPS) is 20.6. The topological polar surface area (TPSA) is 49.4 Å². The first-order valence-corrected chi connectivity index (χ1v) is 9.36. The van der Waals surface area contributed by atoms with E-state index in [1.807, 2.05) is 30.9 Å². The van der Waals surface area contributed by atoms with Gasteiger partial charge in [-0.1, -0.05) is 17.7 Å². The molecular formula is C21H28N2O2. The van der Waals surface area contributed by atoms with Crippen LogP contribution in [0.25, 0.3) is 0 Å². The van der Waals surface area contributed by atoms with Crippen LogP contribution in [0.3, 0.4) is 0 Å². The number of likely N-dealkylation sites (tertiary alicyclic amines) is 1. The molecular weight excluding hydrogens is 312 g/mol. The molecule has 1 N–H and O–H groups in total. The van der Waals surface area contributed by atoms with E-state index in [1.165, 1.54) is 31.3 Å². The lowest BCUT2D eigenvalue weighted by Gasteiger charge is -2.19. The third-order valence-electron chi connectivity index (χ3n) is 5.16. The van der Waals surface area contributed by atoms with Crippen molar-refractivity contribution in [3.8, 4) is 0 Å². The number of carbonyl (C=O) groups is 2. The molecule has 1 saturated heterocycles. The van der Waals surface area contributed by atoms with E-state index < -0.39 is 0 Å². The number of hydrogen-bond acceptors (Lipinski definition) is 2. The third kappa shape index (κ3) is 4.71. The molecule has 2 aliphatic rings. The Morgan fingerprint density at radius 3 is 2.64 bits per heavy atom. The van der Waals surface area contributed by atoms with Crippen molar-refractivity contribution < 1.29 is 9.59 Å². The number of amides is 2. The molecule has 1 heterocycles. The van der Waals surface area contributed by atoms with Crippen LogP contribution >= 0.6 is 0 Å². The number of hydrogen-bond donors (Lipinski definition) is 1. The van der Waals surface area contributed by atoms with Gasteiger partial charge in [0.15, 0.2) is 0 Å². The summed E-state index contributed by atoms with van der Waals surface area (Å²) in [4.78, 5) is 26.6. The van der Waals surface area contributed by atoms with Crippen LogP contribution in [0.1, 0.15) is 49.7 Å². The predicted molar refractivity (Wildman–Crippen MR) is 100 cm³/mol. The molecule has 0 saturated carbocycles. The number of aryl methyl sites for hydroxylation is 2. The Hall–Kier alpha value is -2.10. The molecule has 1 atom stereocenters. The lowest BCUT2D eigenvalue weighted by atomic mass is 9.97. The molecule has 134 valence electrons. The maximum absolute atomic E-state index is 12.5. The number of rotatable bonds is 5. The van der Waals surface area contributed by atoms with Gasteiger partial charge in [-0.2, -0.15) is 0 Å². The van der Waals surface area contributed by atoms with Crippen molar-refractivity contribution in [2.24, 2.45) is 5.92 Å². The van der Waals surface area contributed by atoms with E-state index in [-0.39, 0.29) is 17.7 Å². The number of allylic oxidation sites excluding steroid dienone is 1. The summed E-state index contributed by atoms with van der Waals surface area (Å²) in [5, 5.41) is 2.98. The van der Waals surface area contributed by atoms with Crippen molar-refractivity contribution >= 4 is 17.5 Å². The van der Waals surface area contributed by atoms with Crippen LogP contribution < -0.4 is 5.32 Å². The predicted octanol–water partition coefficient (Wildman–Crippen LogP) is 3.98. The molecule has 1 aliphatic carbocycles. The van der Waals surface area contributed by atoms with Crippen LogP contribution in [0, 0.1) is 19.8 Å². The maximum Gasteiger partial charge on any atom is 0.229 e. The molecule has 25 heavy (non-hydrogen) atoms. The monoisotopic (exact) mass is 340 g/mol. The Bertz CT molecular complexity index is 673. The Morgan fingerprint density at radius 1 is 1.20 bits per heavy atom. The van der Waals surface area contributed by atoms with Crippen LogP contribution in [-0.2, 0) is 9.59 Å². The quantitative estimate of drug-likeness (QED) is 0.824. The van der Waals surface area contributed by atoms with Gasteiger partial charge in [0, 0.05) is 25.2 Å². The summed E-state index contributed by atoms with van der Waals surface area (Å²) < 4.78 is 0. The fourth-order valence-corrected chi connectivity index (χ4v) is 3.87.